The summed E-state index contributed by atoms with van der Waals surface area (Å²) in [6, 6.07) is 15.3. The van der Waals surface area contributed by atoms with Crippen LogP contribution in [0.15, 0.2) is 60.2 Å². The summed E-state index contributed by atoms with van der Waals surface area (Å²) in [4.78, 5) is 28.7. The van der Waals surface area contributed by atoms with E-state index in [4.69, 9.17) is 21.1 Å². The average molecular weight is 534 g/mol. The van der Waals surface area contributed by atoms with Crippen LogP contribution in [0.25, 0.3) is 5.76 Å². The highest BCUT2D eigenvalue weighted by Gasteiger charge is 2.47. The van der Waals surface area contributed by atoms with Crippen LogP contribution >= 0.6 is 11.6 Å². The molecule has 0 bridgehead atoms. The standard InChI is InChI=1S/C31H32ClNO5/c1-17-11-13-20(31(3,4)5)16-21(17)28(34)26-27(19-12-14-24(37-6)25(15-19)38-7)33(30(36)29(26)35)23-10-8-9-22(32)18(23)2/h8-16,27,34H,1-7H3/b28-26+. The fourth-order valence-corrected chi connectivity index (χ4v) is 4.93. The van der Waals surface area contributed by atoms with Crippen LogP contribution in [0.3, 0.4) is 0 Å². The van der Waals surface area contributed by atoms with Gasteiger partial charge in [0.15, 0.2) is 11.5 Å². The Morgan fingerprint density at radius 3 is 2.26 bits per heavy atom. The van der Waals surface area contributed by atoms with Crippen molar-refractivity contribution in [3.63, 3.8) is 0 Å². The Hall–Kier alpha value is -3.77. The molecule has 1 aliphatic rings. The average Bonchev–Trinajstić information content (AvgIpc) is 3.14. The van der Waals surface area contributed by atoms with Gasteiger partial charge in [-0.2, -0.15) is 0 Å². The molecule has 7 heteroatoms. The van der Waals surface area contributed by atoms with Crippen molar-refractivity contribution in [1.29, 1.82) is 0 Å². The van der Waals surface area contributed by atoms with Gasteiger partial charge in [-0.15, -0.1) is 0 Å². The number of hydrogen-bond acceptors (Lipinski definition) is 5. The number of anilines is 1. The number of benzene rings is 3. The summed E-state index contributed by atoms with van der Waals surface area (Å²) in [6.45, 7) is 9.88. The number of rotatable bonds is 5. The summed E-state index contributed by atoms with van der Waals surface area (Å²) >= 11 is 6.41. The molecule has 0 aromatic heterocycles. The molecule has 1 N–H and O–H groups in total. The highest BCUT2D eigenvalue weighted by Crippen LogP contribution is 2.46. The molecule has 4 rings (SSSR count). The predicted octanol–water partition coefficient (Wildman–Crippen LogP) is 6.90. The summed E-state index contributed by atoms with van der Waals surface area (Å²) in [7, 11) is 3.05. The van der Waals surface area contributed by atoms with E-state index >= 15 is 0 Å². The molecule has 1 unspecified atom stereocenters. The highest BCUT2D eigenvalue weighted by atomic mass is 35.5. The molecule has 3 aromatic rings. The number of methoxy groups -OCH3 is 2. The lowest BCUT2D eigenvalue weighted by atomic mass is 9.84. The lowest BCUT2D eigenvalue weighted by Crippen LogP contribution is -2.30. The molecular weight excluding hydrogens is 502 g/mol. The zero-order valence-corrected chi connectivity index (χ0v) is 23.4. The minimum absolute atomic E-state index is 0.00393. The number of ketones is 1. The lowest BCUT2D eigenvalue weighted by Gasteiger charge is -2.28. The summed E-state index contributed by atoms with van der Waals surface area (Å²) in [6.07, 6.45) is 0. The molecule has 3 aromatic carbocycles. The second-order valence-corrected chi connectivity index (χ2v) is 10.9. The van der Waals surface area contributed by atoms with Crippen molar-refractivity contribution in [2.24, 2.45) is 0 Å². The quantitative estimate of drug-likeness (QED) is 0.219. The number of aliphatic hydroxyl groups is 1. The van der Waals surface area contributed by atoms with Gasteiger partial charge in [-0.05, 0) is 71.8 Å². The number of ether oxygens (including phenoxy) is 2. The van der Waals surface area contributed by atoms with E-state index in [0.29, 0.717) is 38.9 Å². The third kappa shape index (κ3) is 4.65. The first-order valence-corrected chi connectivity index (χ1v) is 12.7. The second kappa shape index (κ2) is 10.2. The van der Waals surface area contributed by atoms with E-state index in [1.807, 2.05) is 25.1 Å². The van der Waals surface area contributed by atoms with Gasteiger partial charge >= 0.3 is 0 Å². The molecule has 1 amide bonds. The minimum Gasteiger partial charge on any atom is -0.507 e. The number of hydrogen-bond donors (Lipinski definition) is 1. The molecule has 198 valence electrons. The molecule has 0 aliphatic carbocycles. The second-order valence-electron chi connectivity index (χ2n) is 10.4. The predicted molar refractivity (Wildman–Crippen MR) is 150 cm³/mol. The number of halogens is 1. The fourth-order valence-electron chi connectivity index (χ4n) is 4.77. The van der Waals surface area contributed by atoms with Crippen LogP contribution in [0.1, 0.15) is 54.6 Å². The molecular formula is C31H32ClNO5. The summed E-state index contributed by atoms with van der Waals surface area (Å²) < 4.78 is 10.9. The van der Waals surface area contributed by atoms with Crippen LogP contribution in [0.4, 0.5) is 5.69 Å². The number of carbonyl (C=O) groups is 2. The van der Waals surface area contributed by atoms with E-state index in [-0.39, 0.29) is 16.7 Å². The van der Waals surface area contributed by atoms with Crippen molar-refractivity contribution in [3.8, 4) is 11.5 Å². The van der Waals surface area contributed by atoms with Gasteiger partial charge in [-0.3, -0.25) is 14.5 Å². The molecule has 0 saturated carbocycles. The molecule has 1 heterocycles. The Bertz CT molecular complexity index is 1470. The third-order valence-corrected chi connectivity index (χ3v) is 7.43. The first-order valence-electron chi connectivity index (χ1n) is 12.3. The Kier molecular flexibility index (Phi) is 7.31. The number of aryl methyl sites for hydroxylation is 1. The maximum absolute atomic E-state index is 13.7. The van der Waals surface area contributed by atoms with Crippen LogP contribution in [0, 0.1) is 13.8 Å². The van der Waals surface area contributed by atoms with Crippen LogP contribution in [-0.2, 0) is 15.0 Å². The highest BCUT2D eigenvalue weighted by molar-refractivity contribution is 6.52. The first-order chi connectivity index (χ1) is 17.9. The van der Waals surface area contributed by atoms with Gasteiger partial charge in [0.05, 0.1) is 25.8 Å². The smallest absolute Gasteiger partial charge is 0.300 e. The van der Waals surface area contributed by atoms with E-state index in [1.54, 1.807) is 43.3 Å². The van der Waals surface area contributed by atoms with Crippen molar-refractivity contribution in [2.45, 2.75) is 46.1 Å². The maximum Gasteiger partial charge on any atom is 0.300 e. The van der Waals surface area contributed by atoms with E-state index in [0.717, 1.165) is 11.1 Å². The Labute approximate surface area is 228 Å². The minimum atomic E-state index is -0.926. The molecule has 38 heavy (non-hydrogen) atoms. The van der Waals surface area contributed by atoms with Gasteiger partial charge in [0, 0.05) is 16.3 Å². The third-order valence-electron chi connectivity index (χ3n) is 7.03. The van der Waals surface area contributed by atoms with E-state index < -0.39 is 17.7 Å². The van der Waals surface area contributed by atoms with Crippen molar-refractivity contribution in [3.05, 3.63) is 93.0 Å². The number of amides is 1. The first kappa shape index (κ1) is 27.3. The monoisotopic (exact) mass is 533 g/mol. The SMILES string of the molecule is COc1ccc(C2/C(=C(\O)c3cc(C(C)(C)C)ccc3C)C(=O)C(=O)N2c2cccc(Cl)c2C)cc1OC. The largest absolute Gasteiger partial charge is 0.507 e. The molecule has 0 radical (unpaired) electrons. The summed E-state index contributed by atoms with van der Waals surface area (Å²) in [5.74, 6) is -0.817. The van der Waals surface area contributed by atoms with Gasteiger partial charge < -0.3 is 14.6 Å². The van der Waals surface area contributed by atoms with Crippen LogP contribution < -0.4 is 14.4 Å². The molecule has 1 aliphatic heterocycles. The lowest BCUT2D eigenvalue weighted by molar-refractivity contribution is -0.132. The van der Waals surface area contributed by atoms with Crippen LogP contribution in [0.2, 0.25) is 5.02 Å². The van der Waals surface area contributed by atoms with Crippen LogP contribution in [-0.4, -0.2) is 31.0 Å². The Balaban J connectivity index is 2.04. The molecule has 1 fully saturated rings. The molecule has 6 nitrogen and oxygen atoms in total. The normalized spacial score (nSPS) is 17.2. The zero-order valence-electron chi connectivity index (χ0n) is 22.7. The Morgan fingerprint density at radius 1 is 0.947 bits per heavy atom. The van der Waals surface area contributed by atoms with Gasteiger partial charge in [0.25, 0.3) is 11.7 Å². The van der Waals surface area contributed by atoms with E-state index in [2.05, 4.69) is 20.8 Å². The van der Waals surface area contributed by atoms with Crippen LogP contribution in [0.5, 0.6) is 11.5 Å². The fraction of sp³-hybridized carbons (Fsp3) is 0.290. The number of carbonyl (C=O) groups excluding carboxylic acids is 2. The topological polar surface area (TPSA) is 76.1 Å². The van der Waals surface area contributed by atoms with Crippen molar-refractivity contribution >= 4 is 34.7 Å². The number of nitrogens with zero attached hydrogens (tertiary/aromatic N) is 1. The van der Waals surface area contributed by atoms with Gasteiger partial charge in [0.1, 0.15) is 5.76 Å². The number of Topliss-reactive ketones (excluding diaryl/α,β-unsaturated/α-hetero) is 1. The molecule has 0 spiro atoms. The number of aliphatic hydroxyl groups excluding tert-OH is 1. The van der Waals surface area contributed by atoms with E-state index in [9.17, 15) is 14.7 Å². The van der Waals surface area contributed by atoms with Gasteiger partial charge in [-0.25, -0.2) is 0 Å². The molecule has 1 atom stereocenters. The molecule has 1 saturated heterocycles. The Morgan fingerprint density at radius 2 is 1.63 bits per heavy atom. The van der Waals surface area contributed by atoms with Gasteiger partial charge in [0.2, 0.25) is 0 Å². The van der Waals surface area contributed by atoms with Crippen molar-refractivity contribution in [2.75, 3.05) is 19.1 Å². The van der Waals surface area contributed by atoms with Crippen molar-refractivity contribution in [1.82, 2.24) is 0 Å². The van der Waals surface area contributed by atoms with Gasteiger partial charge in [-0.1, -0.05) is 56.6 Å². The zero-order chi connectivity index (χ0) is 27.9. The maximum atomic E-state index is 13.7. The summed E-state index contributed by atoms with van der Waals surface area (Å²) in [5.41, 5.74) is 3.80. The van der Waals surface area contributed by atoms with Crippen molar-refractivity contribution < 1.29 is 24.2 Å². The summed E-state index contributed by atoms with van der Waals surface area (Å²) in [5, 5.41) is 12.2. The van der Waals surface area contributed by atoms with E-state index in [1.165, 1.54) is 19.1 Å².